The zero-order valence-corrected chi connectivity index (χ0v) is 9.37. The SMILES string of the molecule is Cc1ccccc1-n1nnnc1CCC(=O)O. The maximum atomic E-state index is 10.5. The molecule has 6 heteroatoms. The number of benzene rings is 1. The van der Waals surface area contributed by atoms with Crippen molar-refractivity contribution in [3.8, 4) is 5.69 Å². The molecule has 0 spiro atoms. The highest BCUT2D eigenvalue weighted by atomic mass is 16.4. The summed E-state index contributed by atoms with van der Waals surface area (Å²) in [6.07, 6.45) is 0.336. The van der Waals surface area contributed by atoms with Crippen molar-refractivity contribution in [2.45, 2.75) is 19.8 Å². The van der Waals surface area contributed by atoms with Gasteiger partial charge in [-0.2, -0.15) is 4.68 Å². The minimum atomic E-state index is -0.857. The van der Waals surface area contributed by atoms with Gasteiger partial charge in [-0.05, 0) is 29.0 Å². The van der Waals surface area contributed by atoms with Gasteiger partial charge in [-0.25, -0.2) is 0 Å². The molecule has 0 aliphatic rings. The lowest BCUT2D eigenvalue weighted by Crippen LogP contribution is -2.07. The molecule has 1 heterocycles. The molecule has 1 aromatic carbocycles. The molecule has 0 radical (unpaired) electrons. The Morgan fingerprint density at radius 2 is 2.18 bits per heavy atom. The molecule has 1 N–H and O–H groups in total. The summed E-state index contributed by atoms with van der Waals surface area (Å²) in [6.45, 7) is 1.96. The van der Waals surface area contributed by atoms with Crippen LogP contribution in [0.4, 0.5) is 0 Å². The monoisotopic (exact) mass is 232 g/mol. The van der Waals surface area contributed by atoms with Crippen molar-refractivity contribution in [3.05, 3.63) is 35.7 Å². The highest BCUT2D eigenvalue weighted by molar-refractivity contribution is 5.66. The molecule has 0 atom stereocenters. The molecule has 17 heavy (non-hydrogen) atoms. The van der Waals surface area contributed by atoms with Crippen LogP contribution in [-0.4, -0.2) is 31.3 Å². The van der Waals surface area contributed by atoms with E-state index in [9.17, 15) is 4.79 Å². The van der Waals surface area contributed by atoms with Gasteiger partial charge in [-0.1, -0.05) is 18.2 Å². The number of aromatic nitrogens is 4. The van der Waals surface area contributed by atoms with E-state index in [4.69, 9.17) is 5.11 Å². The fourth-order valence-corrected chi connectivity index (χ4v) is 1.57. The first kappa shape index (κ1) is 11.3. The van der Waals surface area contributed by atoms with Crippen LogP contribution in [0.25, 0.3) is 5.69 Å². The van der Waals surface area contributed by atoms with Gasteiger partial charge in [-0.15, -0.1) is 5.10 Å². The van der Waals surface area contributed by atoms with Gasteiger partial charge < -0.3 is 5.11 Å². The molecule has 2 aromatic rings. The number of carboxylic acids is 1. The number of aliphatic carboxylic acids is 1. The van der Waals surface area contributed by atoms with Crippen molar-refractivity contribution in [3.63, 3.8) is 0 Å². The highest BCUT2D eigenvalue weighted by Gasteiger charge is 2.11. The molecule has 1 aromatic heterocycles. The zero-order chi connectivity index (χ0) is 12.3. The number of hydrogen-bond acceptors (Lipinski definition) is 4. The lowest BCUT2D eigenvalue weighted by Gasteiger charge is -2.06. The van der Waals surface area contributed by atoms with Crippen LogP contribution in [0.15, 0.2) is 24.3 Å². The summed E-state index contributed by atoms with van der Waals surface area (Å²) in [4.78, 5) is 10.5. The Labute approximate surface area is 97.9 Å². The van der Waals surface area contributed by atoms with E-state index in [0.29, 0.717) is 12.2 Å². The predicted molar refractivity (Wildman–Crippen MR) is 59.8 cm³/mol. The largest absolute Gasteiger partial charge is 0.481 e. The van der Waals surface area contributed by atoms with Crippen LogP contribution in [0.1, 0.15) is 17.8 Å². The van der Waals surface area contributed by atoms with E-state index in [1.54, 1.807) is 4.68 Å². The number of para-hydroxylation sites is 1. The van der Waals surface area contributed by atoms with Gasteiger partial charge in [0.05, 0.1) is 12.1 Å². The Morgan fingerprint density at radius 3 is 2.88 bits per heavy atom. The van der Waals surface area contributed by atoms with E-state index in [2.05, 4.69) is 15.5 Å². The number of rotatable bonds is 4. The summed E-state index contributed by atoms with van der Waals surface area (Å²) in [7, 11) is 0. The van der Waals surface area contributed by atoms with Gasteiger partial charge in [0.15, 0.2) is 5.82 Å². The van der Waals surface area contributed by atoms with Crippen LogP contribution >= 0.6 is 0 Å². The van der Waals surface area contributed by atoms with Crippen LogP contribution in [-0.2, 0) is 11.2 Å². The third kappa shape index (κ3) is 2.47. The minimum absolute atomic E-state index is 0.0201. The van der Waals surface area contributed by atoms with Gasteiger partial charge in [-0.3, -0.25) is 4.79 Å². The Bertz CT molecular complexity index is 536. The van der Waals surface area contributed by atoms with Gasteiger partial charge >= 0.3 is 5.97 Å². The van der Waals surface area contributed by atoms with Gasteiger partial charge in [0.1, 0.15) is 0 Å². The molecule has 2 rings (SSSR count). The number of carbonyl (C=O) groups is 1. The first-order valence-corrected chi connectivity index (χ1v) is 5.23. The second-order valence-electron chi connectivity index (χ2n) is 3.69. The zero-order valence-electron chi connectivity index (χ0n) is 9.37. The Morgan fingerprint density at radius 1 is 1.41 bits per heavy atom. The molecule has 0 saturated heterocycles. The second kappa shape index (κ2) is 4.73. The smallest absolute Gasteiger partial charge is 0.303 e. The molecule has 0 saturated carbocycles. The number of aryl methyl sites for hydroxylation is 2. The maximum Gasteiger partial charge on any atom is 0.303 e. The number of tetrazole rings is 1. The summed E-state index contributed by atoms with van der Waals surface area (Å²) in [5.74, 6) is -0.300. The first-order valence-electron chi connectivity index (χ1n) is 5.23. The molecule has 0 unspecified atom stereocenters. The van der Waals surface area contributed by atoms with Crippen molar-refractivity contribution < 1.29 is 9.90 Å². The molecule has 0 bridgehead atoms. The van der Waals surface area contributed by atoms with Crippen LogP contribution in [0.3, 0.4) is 0 Å². The van der Waals surface area contributed by atoms with Crippen LogP contribution in [0.5, 0.6) is 0 Å². The number of hydrogen-bond donors (Lipinski definition) is 1. The average molecular weight is 232 g/mol. The van der Waals surface area contributed by atoms with Gasteiger partial charge in [0.2, 0.25) is 0 Å². The average Bonchev–Trinajstić information content (AvgIpc) is 2.75. The molecule has 0 fully saturated rings. The van der Waals surface area contributed by atoms with E-state index in [1.807, 2.05) is 31.2 Å². The molecule has 88 valence electrons. The standard InChI is InChI=1S/C11H12N4O2/c1-8-4-2-3-5-9(8)15-10(12-13-14-15)6-7-11(16)17/h2-5H,6-7H2,1H3,(H,16,17). The summed E-state index contributed by atoms with van der Waals surface area (Å²) in [6, 6.07) is 7.68. The molecule has 6 nitrogen and oxygen atoms in total. The van der Waals surface area contributed by atoms with Gasteiger partial charge in [0, 0.05) is 6.42 Å². The number of nitrogens with zero attached hydrogens (tertiary/aromatic N) is 4. The van der Waals surface area contributed by atoms with Crippen molar-refractivity contribution in [1.82, 2.24) is 20.2 Å². The quantitative estimate of drug-likeness (QED) is 0.850. The van der Waals surface area contributed by atoms with Crippen molar-refractivity contribution in [1.29, 1.82) is 0 Å². The Balaban J connectivity index is 2.31. The Kier molecular flexibility index (Phi) is 3.13. The summed E-state index contributed by atoms with van der Waals surface area (Å²) >= 11 is 0. The second-order valence-corrected chi connectivity index (χ2v) is 3.69. The topological polar surface area (TPSA) is 80.9 Å². The summed E-state index contributed by atoms with van der Waals surface area (Å²) in [5, 5.41) is 20.0. The Hall–Kier alpha value is -2.24. The third-order valence-electron chi connectivity index (χ3n) is 2.44. The van der Waals surface area contributed by atoms with Crippen molar-refractivity contribution in [2.24, 2.45) is 0 Å². The molecule has 0 aliphatic heterocycles. The normalized spacial score (nSPS) is 10.4. The van der Waals surface area contributed by atoms with Crippen LogP contribution < -0.4 is 0 Å². The summed E-state index contributed by atoms with van der Waals surface area (Å²) in [5.41, 5.74) is 1.91. The predicted octanol–water partition coefficient (Wildman–Crippen LogP) is 0.988. The van der Waals surface area contributed by atoms with Crippen molar-refractivity contribution >= 4 is 5.97 Å². The molecule has 0 aliphatic carbocycles. The lowest BCUT2D eigenvalue weighted by atomic mass is 10.2. The van der Waals surface area contributed by atoms with Crippen LogP contribution in [0, 0.1) is 6.92 Å². The molecule has 0 amide bonds. The minimum Gasteiger partial charge on any atom is -0.481 e. The van der Waals surface area contributed by atoms with E-state index in [1.165, 1.54) is 0 Å². The fraction of sp³-hybridized carbons (Fsp3) is 0.273. The summed E-state index contributed by atoms with van der Waals surface area (Å²) < 4.78 is 1.58. The highest BCUT2D eigenvalue weighted by Crippen LogP contribution is 2.13. The molecular formula is C11H12N4O2. The number of carboxylic acid groups (broad SMARTS) is 1. The van der Waals surface area contributed by atoms with Crippen LogP contribution in [0.2, 0.25) is 0 Å². The van der Waals surface area contributed by atoms with Crippen molar-refractivity contribution in [2.75, 3.05) is 0 Å². The van der Waals surface area contributed by atoms with E-state index in [-0.39, 0.29) is 6.42 Å². The fourth-order valence-electron chi connectivity index (χ4n) is 1.57. The van der Waals surface area contributed by atoms with E-state index >= 15 is 0 Å². The first-order chi connectivity index (χ1) is 8.18. The molecular weight excluding hydrogens is 220 g/mol. The van der Waals surface area contributed by atoms with E-state index in [0.717, 1.165) is 11.3 Å². The third-order valence-corrected chi connectivity index (χ3v) is 2.44. The lowest BCUT2D eigenvalue weighted by molar-refractivity contribution is -0.137. The maximum absolute atomic E-state index is 10.5. The van der Waals surface area contributed by atoms with Gasteiger partial charge in [0.25, 0.3) is 0 Å². The van der Waals surface area contributed by atoms with E-state index < -0.39 is 5.97 Å².